The number of carbonyl (C=O) groups excluding carboxylic acids is 1. The lowest BCUT2D eigenvalue weighted by molar-refractivity contribution is -0.385. The van der Waals surface area contributed by atoms with E-state index in [1.165, 1.54) is 12.1 Å². The predicted octanol–water partition coefficient (Wildman–Crippen LogP) is 3.55. The molecule has 0 heterocycles. The Hall–Kier alpha value is -0.700. The van der Waals surface area contributed by atoms with Gasteiger partial charge in [0.15, 0.2) is 0 Å². The van der Waals surface area contributed by atoms with E-state index in [1.54, 1.807) is 6.07 Å². The number of alkyl halides is 1. The van der Waals surface area contributed by atoms with Crippen LogP contribution in [0.25, 0.3) is 0 Å². The highest BCUT2D eigenvalue weighted by atomic mass is 127. The Labute approximate surface area is 133 Å². The van der Waals surface area contributed by atoms with E-state index < -0.39 is 4.92 Å². The van der Waals surface area contributed by atoms with Crippen LogP contribution < -0.4 is 5.32 Å². The van der Waals surface area contributed by atoms with Crippen LogP contribution in [0, 0.1) is 16.0 Å². The molecule has 0 aliphatic rings. The fourth-order valence-electron chi connectivity index (χ4n) is 1.45. The monoisotopic (exact) mass is 440 g/mol. The van der Waals surface area contributed by atoms with Gasteiger partial charge in [0.1, 0.15) is 0 Å². The van der Waals surface area contributed by atoms with Crippen LogP contribution in [0.1, 0.15) is 24.2 Å². The second-order valence-electron chi connectivity index (χ2n) is 4.43. The van der Waals surface area contributed by atoms with Crippen LogP contribution in [0.4, 0.5) is 5.69 Å². The summed E-state index contributed by atoms with van der Waals surface area (Å²) in [6, 6.07) is 4.28. The summed E-state index contributed by atoms with van der Waals surface area (Å²) in [7, 11) is 0. The molecule has 104 valence electrons. The van der Waals surface area contributed by atoms with Gasteiger partial charge in [-0.1, -0.05) is 52.4 Å². The number of halogens is 2. The summed E-state index contributed by atoms with van der Waals surface area (Å²) in [5, 5.41) is 13.7. The van der Waals surface area contributed by atoms with Gasteiger partial charge in [-0.05, 0) is 12.0 Å². The Kier molecular flexibility index (Phi) is 6.18. The second-order valence-corrected chi connectivity index (χ2v) is 6.23. The molecule has 0 fully saturated rings. The zero-order chi connectivity index (χ0) is 14.6. The summed E-state index contributed by atoms with van der Waals surface area (Å²) < 4.78 is 1.31. The third-order valence-corrected chi connectivity index (χ3v) is 4.05. The number of nitro benzene ring substituents is 1. The van der Waals surface area contributed by atoms with E-state index in [0.29, 0.717) is 10.4 Å². The molecule has 0 saturated heterocycles. The van der Waals surface area contributed by atoms with Gasteiger partial charge in [-0.15, -0.1) is 0 Å². The van der Waals surface area contributed by atoms with Gasteiger partial charge < -0.3 is 5.32 Å². The number of non-ortho nitro benzene ring substituents is 1. The van der Waals surface area contributed by atoms with Crippen molar-refractivity contribution in [2.75, 3.05) is 4.43 Å². The minimum absolute atomic E-state index is 0.0473. The molecule has 1 amide bonds. The molecule has 1 atom stereocenters. The number of nitrogens with one attached hydrogen (secondary N) is 1. The Morgan fingerprint density at radius 2 is 2.11 bits per heavy atom. The number of nitrogens with zero attached hydrogens (tertiary/aromatic N) is 1. The average molecular weight is 441 g/mol. The molecular weight excluding hydrogens is 427 g/mol. The summed E-state index contributed by atoms with van der Waals surface area (Å²) in [4.78, 5) is 22.3. The van der Waals surface area contributed by atoms with Crippen LogP contribution in [0.3, 0.4) is 0 Å². The first kappa shape index (κ1) is 16.4. The van der Waals surface area contributed by atoms with Crippen LogP contribution in [-0.4, -0.2) is 21.3 Å². The number of carbonyl (C=O) groups is 1. The molecule has 0 aliphatic carbocycles. The van der Waals surface area contributed by atoms with Crippen molar-refractivity contribution in [2.24, 2.45) is 5.92 Å². The average Bonchev–Trinajstić information content (AvgIpc) is 2.34. The number of rotatable bonds is 5. The number of amides is 1. The first-order valence-corrected chi connectivity index (χ1v) is 7.98. The van der Waals surface area contributed by atoms with Gasteiger partial charge in [-0.25, -0.2) is 0 Å². The summed E-state index contributed by atoms with van der Waals surface area (Å²) in [5.41, 5.74) is 0.187. The first-order chi connectivity index (χ1) is 8.85. The molecule has 7 heteroatoms. The Morgan fingerprint density at radius 1 is 1.47 bits per heavy atom. The fourth-order valence-corrected chi connectivity index (χ4v) is 3.16. The number of benzene rings is 1. The van der Waals surface area contributed by atoms with Crippen LogP contribution in [0.5, 0.6) is 0 Å². The predicted molar refractivity (Wildman–Crippen MR) is 85.8 cm³/mol. The number of nitro groups is 1. The second kappa shape index (κ2) is 7.18. The van der Waals surface area contributed by atoms with Gasteiger partial charge in [-0.3, -0.25) is 14.9 Å². The van der Waals surface area contributed by atoms with Gasteiger partial charge in [0, 0.05) is 32.6 Å². The summed E-state index contributed by atoms with van der Waals surface area (Å²) >= 11 is 5.39. The van der Waals surface area contributed by atoms with E-state index in [1.807, 2.05) is 13.8 Å². The first-order valence-electron chi connectivity index (χ1n) is 5.67. The standard InChI is InChI=1S/C12H14BrIN2O3/c1-7(2)11(6-14)15-12(17)8-3-9(13)5-10(4-8)16(18)19/h3-5,7,11H,6H2,1-2H3,(H,15,17). The fraction of sp³-hybridized carbons (Fsp3) is 0.417. The third-order valence-electron chi connectivity index (χ3n) is 2.64. The van der Waals surface area contributed by atoms with Crippen molar-refractivity contribution in [1.29, 1.82) is 0 Å². The van der Waals surface area contributed by atoms with Gasteiger partial charge in [-0.2, -0.15) is 0 Å². The third kappa shape index (κ3) is 4.72. The van der Waals surface area contributed by atoms with Crippen LogP contribution >= 0.6 is 38.5 Å². The van der Waals surface area contributed by atoms with Gasteiger partial charge in [0.05, 0.1) is 4.92 Å². The molecule has 1 rings (SSSR count). The van der Waals surface area contributed by atoms with E-state index in [4.69, 9.17) is 0 Å². The molecule has 0 aliphatic heterocycles. The van der Waals surface area contributed by atoms with Crippen LogP contribution in [-0.2, 0) is 0 Å². The van der Waals surface area contributed by atoms with Crippen molar-refractivity contribution in [3.8, 4) is 0 Å². The maximum Gasteiger partial charge on any atom is 0.271 e. The highest BCUT2D eigenvalue weighted by Gasteiger charge is 2.18. The molecule has 0 bridgehead atoms. The lowest BCUT2D eigenvalue weighted by Gasteiger charge is -2.19. The van der Waals surface area contributed by atoms with E-state index in [0.717, 1.165) is 4.43 Å². The number of hydrogen-bond donors (Lipinski definition) is 1. The van der Waals surface area contributed by atoms with E-state index in [9.17, 15) is 14.9 Å². The Balaban J connectivity index is 2.96. The smallest absolute Gasteiger partial charge is 0.271 e. The number of hydrogen-bond acceptors (Lipinski definition) is 3. The zero-order valence-electron chi connectivity index (χ0n) is 10.5. The lowest BCUT2D eigenvalue weighted by atomic mass is 10.1. The zero-order valence-corrected chi connectivity index (χ0v) is 14.3. The van der Waals surface area contributed by atoms with Crippen molar-refractivity contribution >= 4 is 50.1 Å². The summed E-state index contributed by atoms with van der Waals surface area (Å²) in [6.45, 7) is 4.04. The molecule has 0 aromatic heterocycles. The Bertz CT molecular complexity index is 494. The topological polar surface area (TPSA) is 72.2 Å². The minimum Gasteiger partial charge on any atom is -0.348 e. The molecule has 19 heavy (non-hydrogen) atoms. The molecule has 1 N–H and O–H groups in total. The van der Waals surface area contributed by atoms with Crippen molar-refractivity contribution in [2.45, 2.75) is 19.9 Å². The van der Waals surface area contributed by atoms with E-state index in [-0.39, 0.29) is 23.2 Å². The van der Waals surface area contributed by atoms with Gasteiger partial charge in [0.2, 0.25) is 0 Å². The quantitative estimate of drug-likeness (QED) is 0.329. The van der Waals surface area contributed by atoms with Gasteiger partial charge in [0.25, 0.3) is 11.6 Å². The van der Waals surface area contributed by atoms with Crippen molar-refractivity contribution in [3.05, 3.63) is 38.3 Å². The van der Waals surface area contributed by atoms with Gasteiger partial charge >= 0.3 is 0 Å². The van der Waals surface area contributed by atoms with E-state index in [2.05, 4.69) is 43.8 Å². The van der Waals surface area contributed by atoms with E-state index >= 15 is 0 Å². The molecule has 5 nitrogen and oxygen atoms in total. The largest absolute Gasteiger partial charge is 0.348 e. The Morgan fingerprint density at radius 3 is 2.58 bits per heavy atom. The van der Waals surface area contributed by atoms with Crippen LogP contribution in [0.2, 0.25) is 0 Å². The molecule has 0 radical (unpaired) electrons. The molecule has 1 aromatic rings. The van der Waals surface area contributed by atoms with Crippen molar-refractivity contribution < 1.29 is 9.72 Å². The SMILES string of the molecule is CC(C)C(CI)NC(=O)c1cc(Br)cc([N+](=O)[O-])c1. The normalized spacial score (nSPS) is 12.3. The van der Waals surface area contributed by atoms with Crippen LogP contribution in [0.15, 0.2) is 22.7 Å². The maximum atomic E-state index is 12.1. The lowest BCUT2D eigenvalue weighted by Crippen LogP contribution is -2.39. The molecular formula is C12H14BrIN2O3. The summed E-state index contributed by atoms with van der Waals surface area (Å²) in [5.74, 6) is 0.0164. The molecule has 0 saturated carbocycles. The van der Waals surface area contributed by atoms with Crippen molar-refractivity contribution in [3.63, 3.8) is 0 Å². The highest BCUT2D eigenvalue weighted by Crippen LogP contribution is 2.21. The summed E-state index contributed by atoms with van der Waals surface area (Å²) in [6.07, 6.45) is 0. The highest BCUT2D eigenvalue weighted by molar-refractivity contribution is 14.1. The van der Waals surface area contributed by atoms with Crippen molar-refractivity contribution in [1.82, 2.24) is 5.32 Å². The molecule has 1 unspecified atom stereocenters. The molecule has 0 spiro atoms. The maximum absolute atomic E-state index is 12.1. The minimum atomic E-state index is -0.514. The molecule has 1 aromatic carbocycles.